The average molecular weight is 368 g/mol. The van der Waals surface area contributed by atoms with Crippen molar-refractivity contribution in [2.75, 3.05) is 0 Å². The van der Waals surface area contributed by atoms with Crippen LogP contribution in [0.25, 0.3) is 0 Å². The van der Waals surface area contributed by atoms with Gasteiger partial charge in [0, 0.05) is 3.92 Å². The lowest BCUT2D eigenvalue weighted by Crippen LogP contribution is -2.16. The molecule has 1 aromatic rings. The maximum absolute atomic E-state index is 11.9. The Hall–Kier alpha value is -0.140. The molecule has 96 valence electrons. The maximum Gasteiger partial charge on any atom is 0.297 e. The Kier molecular flexibility index (Phi) is 5.88. The van der Waals surface area contributed by atoms with E-state index in [1.807, 2.05) is 0 Å². The molecule has 1 aromatic carbocycles. The first-order chi connectivity index (χ1) is 7.92. The van der Waals surface area contributed by atoms with E-state index in [0.717, 1.165) is 12.8 Å². The highest BCUT2D eigenvalue weighted by Gasteiger charge is 2.18. The predicted octanol–water partition coefficient (Wildman–Crippen LogP) is 3.38. The standard InChI is InChI=1S/C12H17IO3S/c1-10(13)8-9-11(2)16-17(14,15)12-6-4-3-5-7-12/h3-7,10-11H,8-9H2,1-2H3. The van der Waals surface area contributed by atoms with Crippen LogP contribution in [0.2, 0.25) is 0 Å². The van der Waals surface area contributed by atoms with E-state index in [1.54, 1.807) is 37.3 Å². The van der Waals surface area contributed by atoms with Crippen LogP contribution >= 0.6 is 22.6 Å². The molecule has 0 aromatic heterocycles. The van der Waals surface area contributed by atoms with Gasteiger partial charge in [0.15, 0.2) is 0 Å². The lowest BCUT2D eigenvalue weighted by molar-refractivity contribution is 0.216. The first kappa shape index (κ1) is 14.9. The summed E-state index contributed by atoms with van der Waals surface area (Å²) in [5.74, 6) is 0. The van der Waals surface area contributed by atoms with Crippen LogP contribution in [0, 0.1) is 0 Å². The highest BCUT2D eigenvalue weighted by atomic mass is 127. The van der Waals surface area contributed by atoms with Crippen LogP contribution in [0.15, 0.2) is 35.2 Å². The summed E-state index contributed by atoms with van der Waals surface area (Å²) < 4.78 is 29.4. The maximum atomic E-state index is 11.9. The summed E-state index contributed by atoms with van der Waals surface area (Å²) in [5.41, 5.74) is 0. The molecule has 5 heteroatoms. The second kappa shape index (κ2) is 6.70. The average Bonchev–Trinajstić information content (AvgIpc) is 2.27. The zero-order valence-corrected chi connectivity index (χ0v) is 12.9. The van der Waals surface area contributed by atoms with E-state index >= 15 is 0 Å². The summed E-state index contributed by atoms with van der Waals surface area (Å²) in [6.07, 6.45) is 1.42. The van der Waals surface area contributed by atoms with Gasteiger partial charge in [-0.1, -0.05) is 47.7 Å². The summed E-state index contributed by atoms with van der Waals surface area (Å²) in [4.78, 5) is 0.217. The van der Waals surface area contributed by atoms with Crippen molar-refractivity contribution in [1.82, 2.24) is 0 Å². The Morgan fingerprint density at radius 3 is 2.29 bits per heavy atom. The number of hydrogen-bond acceptors (Lipinski definition) is 3. The third-order valence-electron chi connectivity index (χ3n) is 2.29. The smallest absolute Gasteiger partial charge is 0.263 e. The molecule has 2 atom stereocenters. The molecule has 0 spiro atoms. The Bertz CT molecular complexity index is 428. The zero-order chi connectivity index (χ0) is 12.9. The highest BCUT2D eigenvalue weighted by molar-refractivity contribution is 14.1. The van der Waals surface area contributed by atoms with Crippen LogP contribution in [0.1, 0.15) is 26.7 Å². The van der Waals surface area contributed by atoms with Crippen LogP contribution in [-0.2, 0) is 14.3 Å². The van der Waals surface area contributed by atoms with Crippen LogP contribution < -0.4 is 0 Å². The summed E-state index contributed by atoms with van der Waals surface area (Å²) in [7, 11) is -3.61. The summed E-state index contributed by atoms with van der Waals surface area (Å²) in [5, 5.41) is 0. The van der Waals surface area contributed by atoms with E-state index in [4.69, 9.17) is 4.18 Å². The van der Waals surface area contributed by atoms with E-state index in [2.05, 4.69) is 29.5 Å². The fourth-order valence-corrected chi connectivity index (χ4v) is 2.86. The Labute approximate surface area is 117 Å². The minimum atomic E-state index is -3.61. The quantitative estimate of drug-likeness (QED) is 0.439. The predicted molar refractivity (Wildman–Crippen MR) is 76.9 cm³/mol. The van der Waals surface area contributed by atoms with Crippen LogP contribution in [0.3, 0.4) is 0 Å². The number of hydrogen-bond donors (Lipinski definition) is 0. The molecule has 0 aliphatic carbocycles. The van der Waals surface area contributed by atoms with Gasteiger partial charge in [-0.25, -0.2) is 0 Å². The second-order valence-corrected chi connectivity index (χ2v) is 7.73. The minimum absolute atomic E-state index is 0.217. The molecular formula is C12H17IO3S. The van der Waals surface area contributed by atoms with Crippen molar-refractivity contribution >= 4 is 32.7 Å². The molecule has 0 saturated heterocycles. The van der Waals surface area contributed by atoms with Gasteiger partial charge in [-0.05, 0) is 31.9 Å². The van der Waals surface area contributed by atoms with Crippen molar-refractivity contribution in [3.05, 3.63) is 30.3 Å². The summed E-state index contributed by atoms with van der Waals surface area (Å²) >= 11 is 2.32. The van der Waals surface area contributed by atoms with Gasteiger partial charge in [0.2, 0.25) is 0 Å². The van der Waals surface area contributed by atoms with Gasteiger partial charge in [0.25, 0.3) is 10.1 Å². The highest BCUT2D eigenvalue weighted by Crippen LogP contribution is 2.17. The first-order valence-corrected chi connectivity index (χ1v) is 8.19. The van der Waals surface area contributed by atoms with E-state index in [-0.39, 0.29) is 11.0 Å². The largest absolute Gasteiger partial charge is 0.297 e. The number of benzene rings is 1. The molecule has 2 unspecified atom stereocenters. The van der Waals surface area contributed by atoms with E-state index in [0.29, 0.717) is 3.92 Å². The molecule has 0 aliphatic heterocycles. The molecule has 0 N–H and O–H groups in total. The van der Waals surface area contributed by atoms with Gasteiger partial charge < -0.3 is 0 Å². The third kappa shape index (κ3) is 5.35. The van der Waals surface area contributed by atoms with E-state index in [9.17, 15) is 8.42 Å². The number of alkyl halides is 1. The van der Waals surface area contributed by atoms with Crippen molar-refractivity contribution in [2.45, 2.75) is 41.6 Å². The lowest BCUT2D eigenvalue weighted by Gasteiger charge is -2.13. The van der Waals surface area contributed by atoms with Gasteiger partial charge in [-0.2, -0.15) is 8.42 Å². The molecule has 0 heterocycles. The van der Waals surface area contributed by atoms with Gasteiger partial charge in [-0.15, -0.1) is 0 Å². The van der Waals surface area contributed by atoms with Crippen molar-refractivity contribution in [3.8, 4) is 0 Å². The van der Waals surface area contributed by atoms with Crippen LogP contribution in [-0.4, -0.2) is 18.4 Å². The van der Waals surface area contributed by atoms with Crippen LogP contribution in [0.5, 0.6) is 0 Å². The normalized spacial score (nSPS) is 15.5. The van der Waals surface area contributed by atoms with Gasteiger partial charge in [0.05, 0.1) is 11.0 Å². The summed E-state index contributed by atoms with van der Waals surface area (Å²) in [6, 6.07) is 8.24. The van der Waals surface area contributed by atoms with Crippen molar-refractivity contribution < 1.29 is 12.6 Å². The van der Waals surface area contributed by atoms with E-state index in [1.165, 1.54) is 0 Å². The van der Waals surface area contributed by atoms with Gasteiger partial charge >= 0.3 is 0 Å². The molecule has 0 bridgehead atoms. The van der Waals surface area contributed by atoms with Crippen molar-refractivity contribution in [3.63, 3.8) is 0 Å². The molecule has 3 nitrogen and oxygen atoms in total. The molecule has 0 saturated carbocycles. The first-order valence-electron chi connectivity index (χ1n) is 5.54. The fraction of sp³-hybridized carbons (Fsp3) is 0.500. The molecule has 0 aliphatic rings. The molecular weight excluding hydrogens is 351 g/mol. The minimum Gasteiger partial charge on any atom is -0.263 e. The Morgan fingerprint density at radius 1 is 1.18 bits per heavy atom. The zero-order valence-electron chi connectivity index (χ0n) is 9.97. The number of rotatable bonds is 6. The molecule has 0 fully saturated rings. The topological polar surface area (TPSA) is 43.4 Å². The third-order valence-corrected chi connectivity index (χ3v) is 4.35. The molecule has 17 heavy (non-hydrogen) atoms. The summed E-state index contributed by atoms with van der Waals surface area (Å²) in [6.45, 7) is 3.89. The number of halogens is 1. The SMILES string of the molecule is CC(I)CCC(C)OS(=O)(=O)c1ccccc1. The molecule has 1 rings (SSSR count). The van der Waals surface area contributed by atoms with Crippen molar-refractivity contribution in [1.29, 1.82) is 0 Å². The molecule has 0 amide bonds. The molecule has 0 radical (unpaired) electrons. The Balaban J connectivity index is 2.62. The lowest BCUT2D eigenvalue weighted by atomic mass is 10.2. The van der Waals surface area contributed by atoms with Gasteiger partial charge in [-0.3, -0.25) is 4.18 Å². The monoisotopic (exact) mass is 368 g/mol. The Morgan fingerprint density at radius 2 is 1.76 bits per heavy atom. The van der Waals surface area contributed by atoms with Crippen LogP contribution in [0.4, 0.5) is 0 Å². The second-order valence-electron chi connectivity index (χ2n) is 4.03. The van der Waals surface area contributed by atoms with Gasteiger partial charge in [0.1, 0.15) is 0 Å². The van der Waals surface area contributed by atoms with E-state index < -0.39 is 10.1 Å². The fourth-order valence-electron chi connectivity index (χ4n) is 1.37. The van der Waals surface area contributed by atoms with Crippen molar-refractivity contribution in [2.24, 2.45) is 0 Å².